The average Bonchev–Trinajstić information content (AvgIpc) is 3.04. The van der Waals surface area contributed by atoms with Crippen molar-refractivity contribution < 1.29 is 18.7 Å². The largest absolute Gasteiger partial charge is 0.451 e. The van der Waals surface area contributed by atoms with Gasteiger partial charge < -0.3 is 29.6 Å². The van der Waals surface area contributed by atoms with E-state index in [0.29, 0.717) is 30.0 Å². The van der Waals surface area contributed by atoms with Crippen LogP contribution in [0.5, 0.6) is 11.5 Å². The molecule has 0 bridgehead atoms. The molecule has 0 saturated carbocycles. The van der Waals surface area contributed by atoms with Crippen molar-refractivity contribution in [3.63, 3.8) is 0 Å². The molecular formula is C36H43FN4O4. The predicted molar refractivity (Wildman–Crippen MR) is 178 cm³/mol. The van der Waals surface area contributed by atoms with Crippen LogP contribution < -0.4 is 20.8 Å². The zero-order valence-corrected chi connectivity index (χ0v) is 26.3. The number of halogens is 1. The third-order valence-corrected chi connectivity index (χ3v) is 8.99. The molecule has 8 nitrogen and oxygen atoms in total. The number of rotatable bonds is 13. The highest BCUT2D eigenvalue weighted by Crippen LogP contribution is 2.46. The number of aromatic nitrogens is 1. The average molecular weight is 615 g/mol. The van der Waals surface area contributed by atoms with E-state index in [2.05, 4.69) is 15.5 Å². The molecule has 9 heteroatoms. The lowest BCUT2D eigenvalue weighted by Crippen LogP contribution is -2.31. The van der Waals surface area contributed by atoms with Crippen molar-refractivity contribution in [2.45, 2.75) is 51.4 Å². The van der Waals surface area contributed by atoms with Crippen LogP contribution in [0, 0.1) is 11.7 Å². The van der Waals surface area contributed by atoms with Gasteiger partial charge in [0.25, 0.3) is 5.91 Å². The first-order chi connectivity index (χ1) is 21.9. The van der Waals surface area contributed by atoms with E-state index in [1.807, 2.05) is 55.1 Å². The van der Waals surface area contributed by atoms with Gasteiger partial charge in [0.15, 0.2) is 17.3 Å². The molecule has 1 saturated heterocycles. The van der Waals surface area contributed by atoms with Crippen molar-refractivity contribution in [2.75, 3.05) is 52.3 Å². The summed E-state index contributed by atoms with van der Waals surface area (Å²) in [4.78, 5) is 29.1. The van der Waals surface area contributed by atoms with Gasteiger partial charge in [-0.3, -0.25) is 9.59 Å². The normalized spacial score (nSPS) is 14.5. The lowest BCUT2D eigenvalue weighted by molar-refractivity contribution is 0.0631. The third kappa shape index (κ3) is 6.84. The van der Waals surface area contributed by atoms with Crippen LogP contribution in [0.15, 0.2) is 53.5 Å². The van der Waals surface area contributed by atoms with Crippen LogP contribution >= 0.6 is 0 Å². The first-order valence-electron chi connectivity index (χ1n) is 16.3. The number of fused-ring (bicyclic) bond motifs is 3. The second-order valence-corrected chi connectivity index (χ2v) is 12.6. The number of anilines is 1. The number of nitrogens with zero attached hydrogens (tertiary/aromatic N) is 2. The minimum Gasteiger partial charge on any atom is -0.451 e. The summed E-state index contributed by atoms with van der Waals surface area (Å²) in [6.45, 7) is 3.67. The first kappa shape index (κ1) is 31.0. The highest BCUT2D eigenvalue weighted by molar-refractivity contribution is 6.02. The monoisotopic (exact) mass is 614 g/mol. The van der Waals surface area contributed by atoms with Gasteiger partial charge >= 0.3 is 0 Å². The number of nitrogens with one attached hydrogen (secondary N) is 2. The van der Waals surface area contributed by atoms with Crippen LogP contribution in [0.1, 0.15) is 61.7 Å². The van der Waals surface area contributed by atoms with E-state index in [9.17, 15) is 9.59 Å². The van der Waals surface area contributed by atoms with Crippen molar-refractivity contribution in [1.82, 2.24) is 14.8 Å². The van der Waals surface area contributed by atoms with Gasteiger partial charge in [0.05, 0.1) is 11.1 Å². The number of benzene rings is 3. The summed E-state index contributed by atoms with van der Waals surface area (Å²) in [5, 5.41) is 8.25. The summed E-state index contributed by atoms with van der Waals surface area (Å²) in [5.74, 6) is 0.502. The van der Waals surface area contributed by atoms with E-state index in [-0.39, 0.29) is 22.4 Å². The molecule has 4 aromatic rings. The van der Waals surface area contributed by atoms with Crippen molar-refractivity contribution in [2.24, 2.45) is 5.92 Å². The standard InChI is InChI=1S/C36H43FN4O4/c1-40(2)17-9-8-16-39-36(43)28-23-41-30-20-25-11-5-6-12-26(25)21-31(30)45-35-32(29(37)22-27(33(35)41)34(28)42)38-15-7-3-4-10-24-13-18-44-19-14-24/h5-6,11-12,20-24,38H,3-4,7-10,13-19H2,1-2H3,(H,39,43). The van der Waals surface area contributed by atoms with E-state index in [0.717, 1.165) is 81.4 Å². The second kappa shape index (κ2) is 14.0. The zero-order valence-electron chi connectivity index (χ0n) is 26.3. The molecular weight excluding hydrogens is 571 g/mol. The molecule has 2 N–H and O–H groups in total. The molecule has 45 heavy (non-hydrogen) atoms. The van der Waals surface area contributed by atoms with E-state index in [1.165, 1.54) is 12.5 Å². The zero-order chi connectivity index (χ0) is 31.3. The van der Waals surface area contributed by atoms with E-state index < -0.39 is 17.2 Å². The maximum Gasteiger partial charge on any atom is 0.256 e. The van der Waals surface area contributed by atoms with Crippen LogP contribution in [0.25, 0.3) is 27.4 Å². The smallest absolute Gasteiger partial charge is 0.256 e. The second-order valence-electron chi connectivity index (χ2n) is 12.6. The number of pyridine rings is 1. The molecule has 2 aliphatic heterocycles. The predicted octanol–water partition coefficient (Wildman–Crippen LogP) is 6.86. The lowest BCUT2D eigenvalue weighted by Gasteiger charge is -2.26. The van der Waals surface area contributed by atoms with Gasteiger partial charge in [0.1, 0.15) is 16.8 Å². The maximum atomic E-state index is 15.8. The van der Waals surface area contributed by atoms with Gasteiger partial charge in [0, 0.05) is 32.5 Å². The molecule has 3 aromatic carbocycles. The van der Waals surface area contributed by atoms with E-state index >= 15 is 4.39 Å². The molecule has 6 rings (SSSR count). The summed E-state index contributed by atoms with van der Waals surface area (Å²) in [6.07, 6.45) is 9.84. The van der Waals surface area contributed by atoms with Gasteiger partial charge in [-0.2, -0.15) is 0 Å². The summed E-state index contributed by atoms with van der Waals surface area (Å²) >= 11 is 0. The molecule has 0 spiro atoms. The lowest BCUT2D eigenvalue weighted by atomic mass is 9.94. The highest BCUT2D eigenvalue weighted by atomic mass is 19.1. The maximum absolute atomic E-state index is 15.8. The van der Waals surface area contributed by atoms with Crippen molar-refractivity contribution >= 4 is 33.3 Å². The van der Waals surface area contributed by atoms with Crippen LogP contribution in [-0.2, 0) is 4.74 Å². The van der Waals surface area contributed by atoms with Crippen molar-refractivity contribution in [1.29, 1.82) is 0 Å². The fourth-order valence-corrected chi connectivity index (χ4v) is 6.46. The van der Waals surface area contributed by atoms with Crippen molar-refractivity contribution in [3.05, 3.63) is 70.3 Å². The van der Waals surface area contributed by atoms with Crippen LogP contribution in [-0.4, -0.2) is 62.3 Å². The molecule has 0 aliphatic carbocycles. The Morgan fingerprint density at radius 3 is 2.53 bits per heavy atom. The highest BCUT2D eigenvalue weighted by Gasteiger charge is 2.29. The van der Waals surface area contributed by atoms with Gasteiger partial charge in [-0.25, -0.2) is 4.39 Å². The Kier molecular flexibility index (Phi) is 9.66. The van der Waals surface area contributed by atoms with Crippen LogP contribution in [0.2, 0.25) is 0 Å². The Bertz CT molecular complexity index is 1750. The Hall–Kier alpha value is -3.95. The fraction of sp³-hybridized carbons (Fsp3) is 0.444. The van der Waals surface area contributed by atoms with E-state index in [4.69, 9.17) is 9.47 Å². The summed E-state index contributed by atoms with van der Waals surface area (Å²) in [5.41, 5.74) is 0.842. The number of hydrogen-bond acceptors (Lipinski definition) is 6. The molecule has 0 atom stereocenters. The minimum atomic E-state index is -0.575. The van der Waals surface area contributed by atoms with Gasteiger partial charge in [0.2, 0.25) is 5.43 Å². The number of unbranched alkanes of at least 4 members (excludes halogenated alkanes) is 3. The minimum absolute atomic E-state index is 0.0216. The molecule has 3 heterocycles. The topological polar surface area (TPSA) is 84.8 Å². The summed E-state index contributed by atoms with van der Waals surface area (Å²) in [6, 6.07) is 13.1. The fourth-order valence-electron chi connectivity index (χ4n) is 6.46. The van der Waals surface area contributed by atoms with Gasteiger partial charge in [-0.1, -0.05) is 43.5 Å². The summed E-state index contributed by atoms with van der Waals surface area (Å²) in [7, 11) is 4.02. The first-order valence-corrected chi connectivity index (χ1v) is 16.3. The number of amides is 1. The molecule has 0 radical (unpaired) electrons. The van der Waals surface area contributed by atoms with E-state index in [1.54, 1.807) is 6.20 Å². The number of carbonyl (C=O) groups excluding carboxylic acids is 1. The number of carbonyl (C=O) groups is 1. The number of ether oxygens (including phenoxy) is 2. The Labute approximate surface area is 263 Å². The Morgan fingerprint density at radius 1 is 1.00 bits per heavy atom. The molecule has 2 aliphatic rings. The SMILES string of the molecule is CN(C)CCCCNC(=O)c1cn2c3c(c(NCCCCCC4CCOCC4)c(F)cc3c1=O)Oc1cc3ccccc3cc1-2. The van der Waals surface area contributed by atoms with Gasteiger partial charge in [-0.05, 0) is 87.6 Å². The Morgan fingerprint density at radius 2 is 1.76 bits per heavy atom. The molecule has 1 aromatic heterocycles. The quantitative estimate of drug-likeness (QED) is 0.141. The van der Waals surface area contributed by atoms with Crippen molar-refractivity contribution in [3.8, 4) is 17.2 Å². The van der Waals surface area contributed by atoms with Gasteiger partial charge in [-0.15, -0.1) is 0 Å². The summed E-state index contributed by atoms with van der Waals surface area (Å²) < 4.78 is 29.5. The van der Waals surface area contributed by atoms with Crippen LogP contribution in [0.4, 0.5) is 10.1 Å². The molecule has 1 amide bonds. The Balaban J connectivity index is 1.29. The molecule has 238 valence electrons. The molecule has 0 unspecified atom stereocenters. The number of hydrogen-bond donors (Lipinski definition) is 2. The third-order valence-electron chi connectivity index (χ3n) is 8.99. The van der Waals surface area contributed by atoms with Crippen LogP contribution in [0.3, 0.4) is 0 Å². The molecule has 1 fully saturated rings.